The Bertz CT molecular complexity index is 804. The van der Waals surface area contributed by atoms with Crippen LogP contribution in [0.25, 0.3) is 0 Å². The molecule has 2 aromatic rings. The fourth-order valence-electron chi connectivity index (χ4n) is 2.19. The predicted molar refractivity (Wildman–Crippen MR) is 106 cm³/mol. The lowest BCUT2D eigenvalue weighted by Gasteiger charge is -2.20. The van der Waals surface area contributed by atoms with Gasteiger partial charge in [-0.2, -0.15) is 4.98 Å². The minimum atomic E-state index is -0.594. The van der Waals surface area contributed by atoms with Gasteiger partial charge in [0, 0.05) is 24.5 Å². The summed E-state index contributed by atoms with van der Waals surface area (Å²) in [6, 6.07) is 7.19. The number of nitrogens with one attached hydrogen (secondary N) is 4. The molecule has 2 rings (SSSR count). The molecule has 0 aliphatic rings. The number of rotatable bonds is 6. The fourth-order valence-corrected chi connectivity index (χ4v) is 2.19. The van der Waals surface area contributed by atoms with Crippen LogP contribution in [-0.2, 0) is 4.74 Å². The first-order valence-corrected chi connectivity index (χ1v) is 8.43. The van der Waals surface area contributed by atoms with Crippen molar-refractivity contribution in [2.24, 2.45) is 0 Å². The smallest absolute Gasteiger partial charge is 0.426 e. The lowest BCUT2D eigenvalue weighted by atomic mass is 10.2. The highest BCUT2D eigenvalue weighted by Crippen LogP contribution is 2.28. The first kappa shape index (κ1) is 20.1. The highest BCUT2D eigenvalue weighted by molar-refractivity contribution is 5.73. The molecule has 9 heteroatoms. The quantitative estimate of drug-likeness (QED) is 0.569. The second-order valence-corrected chi connectivity index (χ2v) is 6.76. The molecule has 1 amide bonds. The van der Waals surface area contributed by atoms with Crippen molar-refractivity contribution in [1.82, 2.24) is 15.4 Å². The van der Waals surface area contributed by atoms with Gasteiger partial charge >= 0.3 is 6.09 Å². The van der Waals surface area contributed by atoms with E-state index in [0.29, 0.717) is 23.2 Å². The molecule has 0 unspecified atom stereocenters. The molecule has 0 aliphatic carbocycles. The first-order chi connectivity index (χ1) is 12.7. The molecule has 27 heavy (non-hydrogen) atoms. The molecule has 9 nitrogen and oxygen atoms in total. The molecule has 4 N–H and O–H groups in total. The minimum absolute atomic E-state index is 0.454. The van der Waals surface area contributed by atoms with Crippen LogP contribution in [0.2, 0.25) is 0 Å². The van der Waals surface area contributed by atoms with Crippen molar-refractivity contribution in [3.8, 4) is 5.75 Å². The van der Waals surface area contributed by atoms with Gasteiger partial charge in [0.05, 0.1) is 12.8 Å². The lowest BCUT2D eigenvalue weighted by Crippen LogP contribution is -2.35. The Balaban J connectivity index is 2.15. The molecule has 0 saturated heterocycles. The summed E-state index contributed by atoms with van der Waals surface area (Å²) in [5.74, 6) is 1.72. The SMILES string of the molecule is CNc1cc(C)nc(Nc2ccc(OC)c(NNC(=O)OC(C)(C)C)c2)n1. The van der Waals surface area contributed by atoms with E-state index in [1.165, 1.54) is 0 Å². The Hall–Kier alpha value is -3.23. The largest absolute Gasteiger partial charge is 0.495 e. The van der Waals surface area contributed by atoms with E-state index in [1.807, 2.05) is 19.1 Å². The highest BCUT2D eigenvalue weighted by Gasteiger charge is 2.16. The standard InChI is InChI=1S/C18H26N6O3/c1-11-9-15(19-5)22-16(20-11)21-12-7-8-14(26-6)13(10-12)23-24-17(25)27-18(2,3)4/h7-10,23H,1-6H3,(H,24,25)(H2,19,20,21,22). The van der Waals surface area contributed by atoms with Crippen LogP contribution in [0.1, 0.15) is 26.5 Å². The molecule has 1 heterocycles. The highest BCUT2D eigenvalue weighted by atomic mass is 16.6. The van der Waals surface area contributed by atoms with Crippen molar-refractivity contribution in [3.05, 3.63) is 30.0 Å². The van der Waals surface area contributed by atoms with Crippen LogP contribution in [-0.4, -0.2) is 35.8 Å². The summed E-state index contributed by atoms with van der Waals surface area (Å²) in [6.07, 6.45) is -0.594. The van der Waals surface area contributed by atoms with E-state index in [0.717, 1.165) is 11.4 Å². The summed E-state index contributed by atoms with van der Waals surface area (Å²) in [5.41, 5.74) is 6.80. The van der Waals surface area contributed by atoms with Crippen LogP contribution in [0.15, 0.2) is 24.3 Å². The molecule has 0 atom stereocenters. The number of ether oxygens (including phenoxy) is 2. The molecule has 0 radical (unpaired) electrons. The van der Waals surface area contributed by atoms with Gasteiger partial charge in [0.2, 0.25) is 5.95 Å². The number of benzene rings is 1. The minimum Gasteiger partial charge on any atom is -0.495 e. The van der Waals surface area contributed by atoms with Crippen LogP contribution >= 0.6 is 0 Å². The van der Waals surface area contributed by atoms with E-state index in [4.69, 9.17) is 9.47 Å². The van der Waals surface area contributed by atoms with E-state index >= 15 is 0 Å². The Morgan fingerprint density at radius 1 is 1.15 bits per heavy atom. The van der Waals surface area contributed by atoms with Gasteiger partial charge in [-0.15, -0.1) is 0 Å². The maximum absolute atomic E-state index is 11.8. The van der Waals surface area contributed by atoms with Crippen LogP contribution in [0, 0.1) is 6.92 Å². The number of hydrazine groups is 1. The third-order valence-corrected chi connectivity index (χ3v) is 3.26. The average Bonchev–Trinajstić information content (AvgIpc) is 2.58. The zero-order valence-corrected chi connectivity index (χ0v) is 16.4. The van der Waals surface area contributed by atoms with Gasteiger partial charge in [-0.1, -0.05) is 0 Å². The van der Waals surface area contributed by atoms with Crippen LogP contribution in [0.4, 0.5) is 27.9 Å². The number of carbonyl (C=O) groups excluding carboxylic acids is 1. The Morgan fingerprint density at radius 2 is 1.89 bits per heavy atom. The van der Waals surface area contributed by atoms with E-state index < -0.39 is 11.7 Å². The average molecular weight is 374 g/mol. The zero-order valence-electron chi connectivity index (χ0n) is 16.4. The third kappa shape index (κ3) is 6.21. The maximum atomic E-state index is 11.8. The molecule has 0 fully saturated rings. The first-order valence-electron chi connectivity index (χ1n) is 8.43. The van der Waals surface area contributed by atoms with Crippen LogP contribution in [0.5, 0.6) is 5.75 Å². The number of hydrogen-bond donors (Lipinski definition) is 4. The normalized spacial score (nSPS) is 10.7. The summed E-state index contributed by atoms with van der Waals surface area (Å²) in [7, 11) is 3.34. The zero-order chi connectivity index (χ0) is 20.0. The van der Waals surface area contributed by atoms with Crippen molar-refractivity contribution < 1.29 is 14.3 Å². The molecular weight excluding hydrogens is 348 g/mol. The van der Waals surface area contributed by atoms with Crippen molar-refractivity contribution in [3.63, 3.8) is 0 Å². The second kappa shape index (κ2) is 8.43. The number of carbonyl (C=O) groups is 1. The van der Waals surface area contributed by atoms with Crippen molar-refractivity contribution >= 4 is 29.2 Å². The van der Waals surface area contributed by atoms with Gasteiger partial charge in [0.1, 0.15) is 17.2 Å². The number of methoxy groups -OCH3 is 1. The topological polar surface area (TPSA) is 109 Å². The lowest BCUT2D eigenvalue weighted by molar-refractivity contribution is 0.0541. The third-order valence-electron chi connectivity index (χ3n) is 3.26. The Labute approximate surface area is 158 Å². The second-order valence-electron chi connectivity index (χ2n) is 6.76. The monoisotopic (exact) mass is 374 g/mol. The van der Waals surface area contributed by atoms with E-state index in [2.05, 4.69) is 31.5 Å². The van der Waals surface area contributed by atoms with Gasteiger partial charge in [0.15, 0.2) is 0 Å². The Kier molecular flexibility index (Phi) is 6.27. The van der Waals surface area contributed by atoms with Crippen molar-refractivity contribution in [2.45, 2.75) is 33.3 Å². The molecule has 0 saturated carbocycles. The summed E-state index contributed by atoms with van der Waals surface area (Å²) in [5, 5.41) is 6.13. The number of amides is 1. The summed E-state index contributed by atoms with van der Waals surface area (Å²) in [4.78, 5) is 20.6. The van der Waals surface area contributed by atoms with E-state index in [-0.39, 0.29) is 0 Å². The van der Waals surface area contributed by atoms with Crippen molar-refractivity contribution in [1.29, 1.82) is 0 Å². The van der Waals surface area contributed by atoms with Crippen LogP contribution < -0.4 is 26.2 Å². The van der Waals surface area contributed by atoms with E-state index in [9.17, 15) is 4.79 Å². The number of hydrogen-bond acceptors (Lipinski definition) is 8. The van der Waals surface area contributed by atoms with Crippen LogP contribution in [0.3, 0.4) is 0 Å². The van der Waals surface area contributed by atoms with Gasteiger partial charge in [-0.3, -0.25) is 5.43 Å². The number of anilines is 4. The molecular formula is C18H26N6O3. The predicted octanol–water partition coefficient (Wildman–Crippen LogP) is 3.43. The molecule has 1 aromatic heterocycles. The van der Waals surface area contributed by atoms with Gasteiger partial charge < -0.3 is 20.1 Å². The molecule has 0 aliphatic heterocycles. The number of aromatic nitrogens is 2. The van der Waals surface area contributed by atoms with Crippen molar-refractivity contribution in [2.75, 3.05) is 30.2 Å². The summed E-state index contributed by atoms with van der Waals surface area (Å²) < 4.78 is 10.5. The number of nitrogens with zero attached hydrogens (tertiary/aromatic N) is 2. The molecule has 146 valence electrons. The molecule has 1 aromatic carbocycles. The molecule has 0 bridgehead atoms. The summed E-state index contributed by atoms with van der Waals surface area (Å²) in [6.45, 7) is 7.26. The van der Waals surface area contributed by atoms with Gasteiger partial charge in [-0.25, -0.2) is 15.2 Å². The van der Waals surface area contributed by atoms with E-state index in [1.54, 1.807) is 47.1 Å². The number of aryl methyl sites for hydroxylation is 1. The Morgan fingerprint density at radius 3 is 2.52 bits per heavy atom. The molecule has 0 spiro atoms. The maximum Gasteiger partial charge on any atom is 0.426 e. The fraction of sp³-hybridized carbons (Fsp3) is 0.389. The van der Waals surface area contributed by atoms with Gasteiger partial charge in [0.25, 0.3) is 0 Å². The summed E-state index contributed by atoms with van der Waals surface area (Å²) >= 11 is 0. The van der Waals surface area contributed by atoms with Gasteiger partial charge in [-0.05, 0) is 45.9 Å².